The number of halogens is 1. The maximum atomic E-state index is 13.0. The van der Waals surface area contributed by atoms with Gasteiger partial charge in [0, 0.05) is 0 Å². The lowest BCUT2D eigenvalue weighted by atomic mass is 10.0. The van der Waals surface area contributed by atoms with Gasteiger partial charge in [-0.2, -0.15) is 0 Å². The van der Waals surface area contributed by atoms with Gasteiger partial charge in [0.2, 0.25) is 10.0 Å². The molecule has 29 heavy (non-hydrogen) atoms. The number of amides is 1. The minimum atomic E-state index is -3.68. The van der Waals surface area contributed by atoms with Crippen molar-refractivity contribution >= 4 is 27.5 Å². The number of ether oxygens (including phenoxy) is 2. The van der Waals surface area contributed by atoms with Crippen molar-refractivity contribution in [2.75, 3.05) is 20.3 Å². The standard InChI is InChI=1S/C20H21ClN2O5S/c1-22-29(25,26)14-5-6-16(21)15(11-14)20(24)23-19(12-2-3-12)13-4-7-17-18(10-13)28-9-8-27-17/h4-7,10-12,19,22H,2-3,8-9H2,1H3,(H,23,24). The van der Waals surface area contributed by atoms with E-state index in [2.05, 4.69) is 10.0 Å². The Bertz CT molecular complexity index is 1050. The first-order valence-corrected chi connectivity index (χ1v) is 11.2. The van der Waals surface area contributed by atoms with E-state index in [1.54, 1.807) is 0 Å². The predicted octanol–water partition coefficient (Wildman–Crippen LogP) is 2.90. The van der Waals surface area contributed by atoms with Crippen molar-refractivity contribution in [3.63, 3.8) is 0 Å². The smallest absolute Gasteiger partial charge is 0.253 e. The highest BCUT2D eigenvalue weighted by Gasteiger charge is 2.34. The highest BCUT2D eigenvalue weighted by atomic mass is 35.5. The van der Waals surface area contributed by atoms with Gasteiger partial charge >= 0.3 is 0 Å². The number of nitrogens with one attached hydrogen (secondary N) is 2. The molecule has 7 nitrogen and oxygen atoms in total. The zero-order valence-corrected chi connectivity index (χ0v) is 17.3. The van der Waals surface area contributed by atoms with Gasteiger partial charge < -0.3 is 14.8 Å². The molecule has 1 aliphatic carbocycles. The van der Waals surface area contributed by atoms with E-state index in [1.165, 1.54) is 25.2 Å². The third kappa shape index (κ3) is 4.19. The second kappa shape index (κ2) is 7.85. The van der Waals surface area contributed by atoms with Crippen LogP contribution >= 0.6 is 11.6 Å². The average molecular weight is 437 g/mol. The van der Waals surface area contributed by atoms with Crippen LogP contribution < -0.4 is 19.5 Å². The quantitative estimate of drug-likeness (QED) is 0.726. The summed E-state index contributed by atoms with van der Waals surface area (Å²) in [5, 5.41) is 3.21. The van der Waals surface area contributed by atoms with E-state index < -0.39 is 15.9 Å². The molecule has 0 aromatic heterocycles. The second-order valence-electron chi connectivity index (χ2n) is 7.04. The first-order valence-electron chi connectivity index (χ1n) is 9.32. The third-order valence-corrected chi connectivity index (χ3v) is 6.81. The molecule has 9 heteroatoms. The van der Waals surface area contributed by atoms with Crippen molar-refractivity contribution in [3.05, 3.63) is 52.5 Å². The van der Waals surface area contributed by atoms with Gasteiger partial charge in [0.15, 0.2) is 11.5 Å². The van der Waals surface area contributed by atoms with Crippen molar-refractivity contribution in [3.8, 4) is 11.5 Å². The van der Waals surface area contributed by atoms with Gasteiger partial charge in [0.25, 0.3) is 5.91 Å². The van der Waals surface area contributed by atoms with Crippen molar-refractivity contribution in [1.29, 1.82) is 0 Å². The molecular weight excluding hydrogens is 416 g/mol. The van der Waals surface area contributed by atoms with E-state index in [-0.39, 0.29) is 21.5 Å². The molecule has 1 unspecified atom stereocenters. The van der Waals surface area contributed by atoms with E-state index in [0.717, 1.165) is 18.4 Å². The predicted molar refractivity (Wildman–Crippen MR) is 108 cm³/mol. The maximum absolute atomic E-state index is 13.0. The Morgan fingerprint density at radius 2 is 1.83 bits per heavy atom. The Hall–Kier alpha value is -2.29. The molecule has 1 atom stereocenters. The zero-order chi connectivity index (χ0) is 20.6. The monoisotopic (exact) mass is 436 g/mol. The molecule has 0 spiro atoms. The van der Waals surface area contributed by atoms with Crippen LogP contribution in [0.1, 0.15) is 34.8 Å². The summed E-state index contributed by atoms with van der Waals surface area (Å²) in [6.45, 7) is 0.999. The fourth-order valence-electron chi connectivity index (χ4n) is 3.34. The molecule has 2 aromatic carbocycles. The fourth-order valence-corrected chi connectivity index (χ4v) is 4.30. The first-order chi connectivity index (χ1) is 13.9. The lowest BCUT2D eigenvalue weighted by molar-refractivity contribution is 0.0931. The second-order valence-corrected chi connectivity index (χ2v) is 9.33. The Morgan fingerprint density at radius 1 is 1.10 bits per heavy atom. The third-order valence-electron chi connectivity index (χ3n) is 5.07. The number of carbonyl (C=O) groups is 1. The molecule has 1 fully saturated rings. The summed E-state index contributed by atoms with van der Waals surface area (Å²) in [7, 11) is -2.37. The number of hydrogen-bond acceptors (Lipinski definition) is 5. The van der Waals surface area contributed by atoms with Crippen LogP contribution in [0.25, 0.3) is 0 Å². The lowest BCUT2D eigenvalue weighted by Gasteiger charge is -2.23. The Kier molecular flexibility index (Phi) is 5.42. The van der Waals surface area contributed by atoms with Crippen LogP contribution in [0.2, 0.25) is 5.02 Å². The summed E-state index contributed by atoms with van der Waals surface area (Å²) in [6.07, 6.45) is 2.00. The number of rotatable bonds is 6. The van der Waals surface area contributed by atoms with Crippen LogP contribution in [-0.2, 0) is 10.0 Å². The number of sulfonamides is 1. The summed E-state index contributed by atoms with van der Waals surface area (Å²) in [5.74, 6) is 1.24. The Morgan fingerprint density at radius 3 is 2.52 bits per heavy atom. The number of benzene rings is 2. The van der Waals surface area contributed by atoms with Crippen LogP contribution in [0, 0.1) is 5.92 Å². The maximum Gasteiger partial charge on any atom is 0.253 e. The lowest BCUT2D eigenvalue weighted by Crippen LogP contribution is -2.30. The Balaban J connectivity index is 1.61. The average Bonchev–Trinajstić information content (AvgIpc) is 3.57. The Labute approximate surface area is 174 Å². The van der Waals surface area contributed by atoms with Gasteiger partial charge in [0.1, 0.15) is 13.2 Å². The number of carbonyl (C=O) groups excluding carboxylic acids is 1. The number of fused-ring (bicyclic) bond motifs is 1. The van der Waals surface area contributed by atoms with E-state index in [1.807, 2.05) is 18.2 Å². The molecule has 1 aliphatic heterocycles. The van der Waals surface area contributed by atoms with E-state index >= 15 is 0 Å². The molecule has 0 bridgehead atoms. The van der Waals surface area contributed by atoms with E-state index in [0.29, 0.717) is 30.6 Å². The topological polar surface area (TPSA) is 93.7 Å². The van der Waals surface area contributed by atoms with Crippen LogP contribution in [0.4, 0.5) is 0 Å². The van der Waals surface area contributed by atoms with Crippen molar-refractivity contribution < 1.29 is 22.7 Å². The van der Waals surface area contributed by atoms with Gasteiger partial charge in [-0.1, -0.05) is 17.7 Å². The van der Waals surface area contributed by atoms with Crippen LogP contribution in [-0.4, -0.2) is 34.6 Å². The highest BCUT2D eigenvalue weighted by molar-refractivity contribution is 7.89. The molecule has 2 aliphatic rings. The van der Waals surface area contributed by atoms with Gasteiger partial charge in [-0.25, -0.2) is 13.1 Å². The van der Waals surface area contributed by atoms with E-state index in [9.17, 15) is 13.2 Å². The van der Waals surface area contributed by atoms with Gasteiger partial charge in [-0.3, -0.25) is 4.79 Å². The van der Waals surface area contributed by atoms with Gasteiger partial charge in [-0.15, -0.1) is 0 Å². The summed E-state index contributed by atoms with van der Waals surface area (Å²) in [4.78, 5) is 13.0. The molecule has 2 aromatic rings. The van der Waals surface area contributed by atoms with Crippen LogP contribution in [0.3, 0.4) is 0 Å². The molecule has 0 saturated heterocycles. The van der Waals surface area contributed by atoms with Crippen LogP contribution in [0.5, 0.6) is 11.5 Å². The van der Waals surface area contributed by atoms with Gasteiger partial charge in [0.05, 0.1) is 21.5 Å². The summed E-state index contributed by atoms with van der Waals surface area (Å²) in [6, 6.07) is 9.50. The van der Waals surface area contributed by atoms with Crippen molar-refractivity contribution in [2.45, 2.75) is 23.8 Å². The summed E-state index contributed by atoms with van der Waals surface area (Å²) < 4.78 is 37.6. The molecule has 154 valence electrons. The number of hydrogen-bond donors (Lipinski definition) is 2. The fraction of sp³-hybridized carbons (Fsp3) is 0.350. The molecule has 2 N–H and O–H groups in total. The largest absolute Gasteiger partial charge is 0.486 e. The molecule has 1 amide bonds. The molecule has 0 radical (unpaired) electrons. The summed E-state index contributed by atoms with van der Waals surface area (Å²) in [5.41, 5.74) is 1.03. The van der Waals surface area contributed by atoms with Crippen molar-refractivity contribution in [2.24, 2.45) is 5.92 Å². The zero-order valence-electron chi connectivity index (χ0n) is 15.8. The minimum Gasteiger partial charge on any atom is -0.486 e. The molecular formula is C20H21ClN2O5S. The molecule has 1 saturated carbocycles. The summed E-state index contributed by atoms with van der Waals surface area (Å²) >= 11 is 6.19. The molecule has 1 heterocycles. The molecule has 4 rings (SSSR count). The van der Waals surface area contributed by atoms with Crippen molar-refractivity contribution in [1.82, 2.24) is 10.0 Å². The first kappa shape index (κ1) is 20.0. The van der Waals surface area contributed by atoms with E-state index in [4.69, 9.17) is 21.1 Å². The van der Waals surface area contributed by atoms with Crippen LogP contribution in [0.15, 0.2) is 41.3 Å². The van der Waals surface area contributed by atoms with Gasteiger partial charge in [-0.05, 0) is 61.7 Å². The highest BCUT2D eigenvalue weighted by Crippen LogP contribution is 2.43. The SMILES string of the molecule is CNS(=O)(=O)c1ccc(Cl)c(C(=O)NC(c2ccc3c(c2)OCCO3)C2CC2)c1. The normalized spacial score (nSPS) is 16.9. The minimum absolute atomic E-state index is 0.0168.